The van der Waals surface area contributed by atoms with E-state index in [-0.39, 0.29) is 25.0 Å². The number of hydrogen-bond donors (Lipinski definition) is 1. The Hall–Kier alpha value is -4.64. The van der Waals surface area contributed by atoms with Crippen LogP contribution < -0.4 is 19.5 Å². The van der Waals surface area contributed by atoms with Gasteiger partial charge < -0.3 is 24.4 Å². The fourth-order valence-corrected chi connectivity index (χ4v) is 5.36. The quantitative estimate of drug-likeness (QED) is 0.192. The molecule has 0 fully saturated rings. The normalized spacial score (nSPS) is 12.5. The van der Waals surface area contributed by atoms with Crippen molar-refractivity contribution in [2.24, 2.45) is 0 Å². The Morgan fingerprint density at radius 3 is 2.36 bits per heavy atom. The van der Waals surface area contributed by atoms with E-state index in [1.807, 2.05) is 32.0 Å². The second-order valence-corrected chi connectivity index (χ2v) is 10.5. The summed E-state index contributed by atoms with van der Waals surface area (Å²) in [5, 5.41) is 3.37. The van der Waals surface area contributed by atoms with Crippen LogP contribution in [0.25, 0.3) is 0 Å². The number of hydrogen-bond acceptors (Lipinski definition) is 8. The molecule has 1 atom stereocenters. The summed E-state index contributed by atoms with van der Waals surface area (Å²) in [5.74, 6) is 0.462. The first-order valence-corrected chi connectivity index (χ1v) is 14.1. The van der Waals surface area contributed by atoms with Crippen molar-refractivity contribution in [2.75, 3.05) is 25.0 Å². The Morgan fingerprint density at radius 2 is 1.67 bits per heavy atom. The highest BCUT2D eigenvalue weighted by molar-refractivity contribution is 7.99. The molecule has 1 aromatic heterocycles. The van der Waals surface area contributed by atoms with Crippen LogP contribution in [0, 0.1) is 19.7 Å². The summed E-state index contributed by atoms with van der Waals surface area (Å²) >= 11 is 1.19. The molecule has 0 radical (unpaired) electrons. The lowest BCUT2D eigenvalue weighted by molar-refractivity contribution is -0.137. The van der Waals surface area contributed by atoms with Gasteiger partial charge in [-0.15, -0.1) is 0 Å². The molecule has 0 saturated carbocycles. The molecule has 2 amide bonds. The van der Waals surface area contributed by atoms with Crippen LogP contribution in [0.5, 0.6) is 17.2 Å². The van der Waals surface area contributed by atoms with Gasteiger partial charge in [-0.25, -0.2) is 14.4 Å². The summed E-state index contributed by atoms with van der Waals surface area (Å²) in [6, 6.07) is 18.6. The zero-order valence-corrected chi connectivity index (χ0v) is 24.1. The lowest BCUT2D eigenvalue weighted by Gasteiger charge is -2.31. The van der Waals surface area contributed by atoms with Crippen LogP contribution in [0.15, 0.2) is 78.0 Å². The number of aryl methyl sites for hydroxylation is 2. The third-order valence-corrected chi connectivity index (χ3v) is 7.34. The number of nitrogens with one attached hydrogen (secondary N) is 1. The van der Waals surface area contributed by atoms with Crippen LogP contribution in [-0.2, 0) is 16.1 Å². The second kappa shape index (κ2) is 12.9. The number of anilines is 1. The summed E-state index contributed by atoms with van der Waals surface area (Å²) < 4.78 is 30.0. The van der Waals surface area contributed by atoms with Crippen LogP contribution in [-0.4, -0.2) is 46.3 Å². The highest BCUT2D eigenvalue weighted by Gasteiger charge is 2.32. The molecule has 42 heavy (non-hydrogen) atoms. The number of nitrogens with zero attached hydrogens (tertiary/aromatic N) is 3. The van der Waals surface area contributed by atoms with Crippen molar-refractivity contribution in [3.05, 3.63) is 101 Å². The van der Waals surface area contributed by atoms with E-state index in [0.717, 1.165) is 17.0 Å². The monoisotopic (exact) mass is 588 g/mol. The predicted molar refractivity (Wildman–Crippen MR) is 156 cm³/mol. The van der Waals surface area contributed by atoms with E-state index in [4.69, 9.17) is 14.2 Å². The van der Waals surface area contributed by atoms with Gasteiger partial charge in [0.15, 0.2) is 16.7 Å². The van der Waals surface area contributed by atoms with E-state index in [1.54, 1.807) is 37.4 Å². The molecular formula is C31H29FN4O5S. The van der Waals surface area contributed by atoms with E-state index in [9.17, 15) is 14.0 Å². The minimum atomic E-state index is -1.09. The van der Waals surface area contributed by atoms with Gasteiger partial charge in [0.2, 0.25) is 12.7 Å². The Labute approximate surface area is 247 Å². The van der Waals surface area contributed by atoms with Gasteiger partial charge in [0.05, 0.1) is 12.9 Å². The number of benzene rings is 3. The minimum absolute atomic E-state index is 0.0198. The maximum atomic E-state index is 14.0. The van der Waals surface area contributed by atoms with E-state index in [1.165, 1.54) is 40.9 Å². The number of thioether (sulfide) groups is 1. The van der Waals surface area contributed by atoms with Gasteiger partial charge in [0, 0.05) is 29.7 Å². The number of amides is 2. The van der Waals surface area contributed by atoms with Gasteiger partial charge in [-0.05, 0) is 67.4 Å². The van der Waals surface area contributed by atoms with Gasteiger partial charge in [0.25, 0.3) is 5.91 Å². The third kappa shape index (κ3) is 6.98. The first kappa shape index (κ1) is 28.9. The maximum absolute atomic E-state index is 14.0. The number of rotatable bonds is 10. The first-order valence-electron chi connectivity index (χ1n) is 13.1. The summed E-state index contributed by atoms with van der Waals surface area (Å²) in [4.78, 5) is 38.2. The van der Waals surface area contributed by atoms with E-state index >= 15 is 0 Å². The molecule has 0 aliphatic carbocycles. The molecule has 0 bridgehead atoms. The standard InChI is InChI=1S/C31H29FN4O5S/c1-19-14-20(2)34-31(33-19)42-17-28(37)36(16-21-4-11-25(39-3)12-5-21)29(22-6-8-23(32)9-7-22)30(38)35-24-10-13-26-27(15-24)41-18-40-26/h4-15,29H,16-18H2,1-3H3,(H,35,38). The highest BCUT2D eigenvalue weighted by Crippen LogP contribution is 2.35. The molecule has 216 valence electrons. The number of fused-ring (bicyclic) bond motifs is 1. The molecule has 3 aromatic carbocycles. The molecule has 4 aromatic rings. The molecule has 1 aliphatic rings. The van der Waals surface area contributed by atoms with Crippen molar-refractivity contribution in [3.8, 4) is 17.2 Å². The lowest BCUT2D eigenvalue weighted by Crippen LogP contribution is -2.41. The molecule has 1 N–H and O–H groups in total. The van der Waals surface area contributed by atoms with E-state index in [0.29, 0.717) is 33.7 Å². The summed E-state index contributed by atoms with van der Waals surface area (Å²) in [5.41, 5.74) is 3.27. The third-order valence-electron chi connectivity index (χ3n) is 6.50. The first-order chi connectivity index (χ1) is 20.3. The number of methoxy groups -OCH3 is 1. The van der Waals surface area contributed by atoms with Gasteiger partial charge in [-0.1, -0.05) is 36.0 Å². The molecule has 1 unspecified atom stereocenters. The van der Waals surface area contributed by atoms with Crippen LogP contribution in [0.4, 0.5) is 10.1 Å². The Kier molecular flexibility index (Phi) is 8.87. The molecule has 11 heteroatoms. The summed E-state index contributed by atoms with van der Waals surface area (Å²) in [6.45, 7) is 3.92. The molecule has 0 saturated heterocycles. The van der Waals surface area contributed by atoms with Crippen molar-refractivity contribution in [2.45, 2.75) is 31.6 Å². The number of ether oxygens (including phenoxy) is 3. The molecule has 5 rings (SSSR count). The fourth-order valence-electron chi connectivity index (χ4n) is 4.52. The number of aromatic nitrogens is 2. The van der Waals surface area contributed by atoms with Gasteiger partial charge in [-0.3, -0.25) is 9.59 Å². The molecule has 0 spiro atoms. The van der Waals surface area contributed by atoms with Crippen molar-refractivity contribution in [1.82, 2.24) is 14.9 Å². The van der Waals surface area contributed by atoms with Gasteiger partial charge >= 0.3 is 0 Å². The number of carbonyl (C=O) groups excluding carboxylic acids is 2. The van der Waals surface area contributed by atoms with Gasteiger partial charge in [0.1, 0.15) is 17.6 Å². The Bertz CT molecular complexity index is 1560. The average Bonchev–Trinajstić information content (AvgIpc) is 3.44. The van der Waals surface area contributed by atoms with Crippen LogP contribution in [0.2, 0.25) is 0 Å². The number of carbonyl (C=O) groups is 2. The van der Waals surface area contributed by atoms with Crippen molar-refractivity contribution >= 4 is 29.3 Å². The molecule has 9 nitrogen and oxygen atoms in total. The summed E-state index contributed by atoms with van der Waals surface area (Å²) in [6.07, 6.45) is 0. The molecular weight excluding hydrogens is 559 g/mol. The highest BCUT2D eigenvalue weighted by atomic mass is 32.2. The predicted octanol–water partition coefficient (Wildman–Crippen LogP) is 5.47. The topological polar surface area (TPSA) is 103 Å². The largest absolute Gasteiger partial charge is 0.497 e. The lowest BCUT2D eigenvalue weighted by atomic mass is 10.0. The molecule has 1 aliphatic heterocycles. The van der Waals surface area contributed by atoms with Crippen molar-refractivity contribution in [3.63, 3.8) is 0 Å². The van der Waals surface area contributed by atoms with Crippen LogP contribution in [0.3, 0.4) is 0 Å². The Balaban J connectivity index is 1.48. The number of halogens is 1. The average molecular weight is 589 g/mol. The van der Waals surface area contributed by atoms with Crippen LogP contribution in [0.1, 0.15) is 28.6 Å². The zero-order chi connectivity index (χ0) is 29.6. The molecule has 2 heterocycles. The van der Waals surface area contributed by atoms with E-state index < -0.39 is 17.8 Å². The van der Waals surface area contributed by atoms with E-state index in [2.05, 4.69) is 15.3 Å². The SMILES string of the molecule is COc1ccc(CN(C(=O)CSc2nc(C)cc(C)n2)C(C(=O)Nc2ccc3c(c2)OCO3)c2ccc(F)cc2)cc1. The van der Waals surface area contributed by atoms with Crippen molar-refractivity contribution < 1.29 is 28.2 Å². The zero-order valence-electron chi connectivity index (χ0n) is 23.3. The summed E-state index contributed by atoms with van der Waals surface area (Å²) in [7, 11) is 1.57. The van der Waals surface area contributed by atoms with Crippen LogP contribution >= 0.6 is 11.8 Å². The fraction of sp³-hybridized carbons (Fsp3) is 0.226. The second-order valence-electron chi connectivity index (χ2n) is 9.60. The van der Waals surface area contributed by atoms with Crippen molar-refractivity contribution in [1.29, 1.82) is 0 Å². The maximum Gasteiger partial charge on any atom is 0.251 e. The smallest absolute Gasteiger partial charge is 0.251 e. The Morgan fingerprint density at radius 1 is 0.976 bits per heavy atom. The van der Waals surface area contributed by atoms with Gasteiger partial charge in [-0.2, -0.15) is 0 Å². The minimum Gasteiger partial charge on any atom is -0.497 e.